The van der Waals surface area contributed by atoms with Crippen LogP contribution in [0.25, 0.3) is 0 Å². The number of rotatable bonds is 5. The zero-order valence-corrected chi connectivity index (χ0v) is 12.0. The molecule has 6 nitrogen and oxygen atoms in total. The van der Waals surface area contributed by atoms with E-state index in [-0.39, 0.29) is 24.6 Å². The number of urea groups is 1. The molecule has 1 aliphatic carbocycles. The van der Waals surface area contributed by atoms with Crippen LogP contribution in [0.15, 0.2) is 24.3 Å². The summed E-state index contributed by atoms with van der Waals surface area (Å²) in [6.45, 7) is 0. The van der Waals surface area contributed by atoms with Crippen molar-refractivity contribution < 1.29 is 19.4 Å². The molecule has 1 aromatic carbocycles. The van der Waals surface area contributed by atoms with Crippen LogP contribution in [0.3, 0.4) is 0 Å². The second-order valence-electron chi connectivity index (χ2n) is 5.18. The number of hydrogen-bond donors (Lipinski definition) is 3. The molecule has 0 heterocycles. The van der Waals surface area contributed by atoms with E-state index < -0.39 is 5.97 Å². The molecule has 0 aromatic heterocycles. The molecule has 21 heavy (non-hydrogen) atoms. The highest BCUT2D eigenvalue weighted by Gasteiger charge is 2.28. The van der Waals surface area contributed by atoms with Crippen LogP contribution in [0.5, 0.6) is 0 Å². The summed E-state index contributed by atoms with van der Waals surface area (Å²) in [5, 5.41) is 14.4. The van der Waals surface area contributed by atoms with Crippen molar-refractivity contribution >= 4 is 17.7 Å². The first-order chi connectivity index (χ1) is 10.1. The van der Waals surface area contributed by atoms with Gasteiger partial charge in [0, 0.05) is 12.8 Å². The highest BCUT2D eigenvalue weighted by molar-refractivity contribution is 5.89. The molecule has 1 aromatic rings. The number of carbonyl (C=O) groups is 2. The number of benzene rings is 1. The fraction of sp³-hybridized carbons (Fsp3) is 0.467. The molecule has 1 aliphatic rings. The molecule has 3 N–H and O–H groups in total. The van der Waals surface area contributed by atoms with Crippen LogP contribution in [0, 0.1) is 0 Å². The van der Waals surface area contributed by atoms with Crippen molar-refractivity contribution in [1.82, 2.24) is 5.32 Å². The average molecular weight is 292 g/mol. The third kappa shape index (κ3) is 4.46. The summed E-state index contributed by atoms with van der Waals surface area (Å²) in [7, 11) is 1.65. The predicted octanol–water partition coefficient (Wildman–Crippen LogP) is 2.00. The van der Waals surface area contributed by atoms with Gasteiger partial charge in [-0.1, -0.05) is 12.1 Å². The van der Waals surface area contributed by atoms with E-state index in [2.05, 4.69) is 10.6 Å². The van der Waals surface area contributed by atoms with Crippen molar-refractivity contribution in [2.24, 2.45) is 0 Å². The Morgan fingerprint density at radius 1 is 1.38 bits per heavy atom. The van der Waals surface area contributed by atoms with Gasteiger partial charge in [-0.15, -0.1) is 0 Å². The van der Waals surface area contributed by atoms with E-state index >= 15 is 0 Å². The fourth-order valence-corrected chi connectivity index (χ4v) is 2.64. The Morgan fingerprint density at radius 2 is 2.19 bits per heavy atom. The number of anilines is 1. The van der Waals surface area contributed by atoms with Gasteiger partial charge in [0.25, 0.3) is 0 Å². The lowest BCUT2D eigenvalue weighted by Crippen LogP contribution is -2.42. The van der Waals surface area contributed by atoms with Gasteiger partial charge >= 0.3 is 12.0 Å². The summed E-state index contributed by atoms with van der Waals surface area (Å²) >= 11 is 0. The number of hydrogen-bond acceptors (Lipinski definition) is 3. The number of carboxylic acid groups (broad SMARTS) is 1. The van der Waals surface area contributed by atoms with Crippen molar-refractivity contribution in [2.75, 3.05) is 12.4 Å². The van der Waals surface area contributed by atoms with E-state index in [1.165, 1.54) is 0 Å². The Hall–Kier alpha value is -2.08. The second-order valence-corrected chi connectivity index (χ2v) is 5.18. The van der Waals surface area contributed by atoms with Gasteiger partial charge in [0.15, 0.2) is 0 Å². The lowest BCUT2D eigenvalue weighted by atomic mass is 10.1. The maximum absolute atomic E-state index is 12.0. The minimum absolute atomic E-state index is 0.0252. The van der Waals surface area contributed by atoms with E-state index in [1.807, 2.05) is 0 Å². The first-order valence-electron chi connectivity index (χ1n) is 6.99. The number of ether oxygens (including phenoxy) is 1. The van der Waals surface area contributed by atoms with Crippen LogP contribution < -0.4 is 10.6 Å². The molecule has 0 bridgehead atoms. The molecule has 1 saturated carbocycles. The molecule has 2 rings (SSSR count). The number of carboxylic acids is 1. The molecular weight excluding hydrogens is 272 g/mol. The van der Waals surface area contributed by atoms with Gasteiger partial charge in [0.05, 0.1) is 18.6 Å². The molecule has 2 amide bonds. The summed E-state index contributed by atoms with van der Waals surface area (Å²) < 4.78 is 5.33. The third-order valence-corrected chi connectivity index (χ3v) is 3.61. The third-order valence-electron chi connectivity index (χ3n) is 3.61. The topological polar surface area (TPSA) is 87.7 Å². The normalized spacial score (nSPS) is 21.0. The smallest absolute Gasteiger partial charge is 0.319 e. The summed E-state index contributed by atoms with van der Waals surface area (Å²) in [6, 6.07) is 6.56. The summed E-state index contributed by atoms with van der Waals surface area (Å²) in [5.74, 6) is -0.898. The Balaban J connectivity index is 1.91. The fourth-order valence-electron chi connectivity index (χ4n) is 2.64. The van der Waals surface area contributed by atoms with Crippen molar-refractivity contribution in [2.45, 2.75) is 37.8 Å². The van der Waals surface area contributed by atoms with Gasteiger partial charge in [0.2, 0.25) is 0 Å². The highest BCUT2D eigenvalue weighted by Crippen LogP contribution is 2.21. The average Bonchev–Trinajstić information content (AvgIpc) is 2.85. The largest absolute Gasteiger partial charge is 0.481 e. The molecule has 0 aliphatic heterocycles. The Bertz CT molecular complexity index is 518. The highest BCUT2D eigenvalue weighted by atomic mass is 16.5. The number of aliphatic carboxylic acids is 1. The van der Waals surface area contributed by atoms with Crippen molar-refractivity contribution in [3.05, 3.63) is 29.8 Å². The van der Waals surface area contributed by atoms with Gasteiger partial charge in [-0.3, -0.25) is 4.79 Å². The standard InChI is InChI=1S/C15H20N2O4/c1-21-13-7-3-6-12(13)17-15(20)16-11-5-2-4-10(8-11)9-14(18)19/h2,4-5,8,12-13H,3,6-7,9H2,1H3,(H,18,19)(H2,16,17,20). The first-order valence-corrected chi connectivity index (χ1v) is 6.99. The Kier molecular flexibility index (Phi) is 5.16. The molecule has 2 atom stereocenters. The van der Waals surface area contributed by atoms with Crippen LogP contribution in [-0.4, -0.2) is 36.4 Å². The van der Waals surface area contributed by atoms with E-state index in [1.54, 1.807) is 31.4 Å². The van der Waals surface area contributed by atoms with Crippen molar-refractivity contribution in [1.29, 1.82) is 0 Å². The van der Waals surface area contributed by atoms with Gasteiger partial charge in [-0.2, -0.15) is 0 Å². The minimum atomic E-state index is -0.898. The monoisotopic (exact) mass is 292 g/mol. The zero-order valence-electron chi connectivity index (χ0n) is 12.0. The summed E-state index contributed by atoms with van der Waals surface area (Å²) in [6.07, 6.45) is 2.90. The van der Waals surface area contributed by atoms with Crippen LogP contribution >= 0.6 is 0 Å². The van der Waals surface area contributed by atoms with Gasteiger partial charge < -0.3 is 20.5 Å². The molecule has 2 unspecified atom stereocenters. The summed E-state index contributed by atoms with van der Waals surface area (Å²) in [5.41, 5.74) is 1.23. The molecule has 0 spiro atoms. The van der Waals surface area contributed by atoms with E-state index in [0.717, 1.165) is 19.3 Å². The first kappa shape index (κ1) is 15.3. The molecule has 6 heteroatoms. The number of nitrogens with one attached hydrogen (secondary N) is 2. The Morgan fingerprint density at radius 3 is 2.90 bits per heavy atom. The van der Waals surface area contributed by atoms with E-state index in [4.69, 9.17) is 9.84 Å². The van der Waals surface area contributed by atoms with Gasteiger partial charge in [-0.25, -0.2) is 4.79 Å². The molecule has 0 radical (unpaired) electrons. The van der Waals surface area contributed by atoms with Crippen LogP contribution in [0.4, 0.5) is 10.5 Å². The van der Waals surface area contributed by atoms with E-state index in [9.17, 15) is 9.59 Å². The summed E-state index contributed by atoms with van der Waals surface area (Å²) in [4.78, 5) is 22.7. The van der Waals surface area contributed by atoms with E-state index in [0.29, 0.717) is 11.3 Å². The maximum atomic E-state index is 12.0. The lowest BCUT2D eigenvalue weighted by Gasteiger charge is -2.20. The number of methoxy groups -OCH3 is 1. The quantitative estimate of drug-likeness (QED) is 0.774. The number of amides is 2. The SMILES string of the molecule is COC1CCCC1NC(=O)Nc1cccc(CC(=O)O)c1. The van der Waals surface area contributed by atoms with Crippen LogP contribution in [0.1, 0.15) is 24.8 Å². The van der Waals surface area contributed by atoms with Gasteiger partial charge in [-0.05, 0) is 37.0 Å². The minimum Gasteiger partial charge on any atom is -0.481 e. The number of carbonyl (C=O) groups excluding carboxylic acids is 1. The van der Waals surface area contributed by atoms with Gasteiger partial charge in [0.1, 0.15) is 0 Å². The van der Waals surface area contributed by atoms with Crippen LogP contribution in [-0.2, 0) is 16.0 Å². The molecular formula is C15H20N2O4. The zero-order chi connectivity index (χ0) is 15.2. The second kappa shape index (κ2) is 7.08. The lowest BCUT2D eigenvalue weighted by molar-refractivity contribution is -0.136. The molecule has 0 saturated heterocycles. The van der Waals surface area contributed by atoms with Crippen LogP contribution in [0.2, 0.25) is 0 Å². The Labute approximate surface area is 123 Å². The predicted molar refractivity (Wildman–Crippen MR) is 78.4 cm³/mol. The maximum Gasteiger partial charge on any atom is 0.319 e. The molecule has 114 valence electrons. The van der Waals surface area contributed by atoms with Crippen molar-refractivity contribution in [3.63, 3.8) is 0 Å². The molecule has 1 fully saturated rings. The van der Waals surface area contributed by atoms with Crippen molar-refractivity contribution in [3.8, 4) is 0 Å².